The zero-order valence-electron chi connectivity index (χ0n) is 12.2. The summed E-state index contributed by atoms with van der Waals surface area (Å²) in [5, 5.41) is 5.64. The van der Waals surface area contributed by atoms with Crippen LogP contribution in [0.15, 0.2) is 48.8 Å². The standard InChI is InChI=1S/C16H19N3O2/c1-12(9-13-5-3-7-15(10-13)21-2)18-16(20)19-14-6-4-8-17-11-14/h3-8,10-12H,9H2,1-2H3,(H2,18,19,20). The van der Waals surface area contributed by atoms with Gasteiger partial charge in [0.2, 0.25) is 0 Å². The fourth-order valence-corrected chi connectivity index (χ4v) is 2.03. The normalized spacial score (nSPS) is 11.5. The van der Waals surface area contributed by atoms with E-state index >= 15 is 0 Å². The number of aromatic nitrogens is 1. The summed E-state index contributed by atoms with van der Waals surface area (Å²) >= 11 is 0. The van der Waals surface area contributed by atoms with Gasteiger partial charge in [0.1, 0.15) is 5.75 Å². The highest BCUT2D eigenvalue weighted by Crippen LogP contribution is 2.14. The molecule has 1 atom stereocenters. The number of amides is 2. The third-order valence-electron chi connectivity index (χ3n) is 2.97. The molecule has 21 heavy (non-hydrogen) atoms. The zero-order valence-corrected chi connectivity index (χ0v) is 12.2. The van der Waals surface area contributed by atoms with E-state index in [-0.39, 0.29) is 12.1 Å². The van der Waals surface area contributed by atoms with Gasteiger partial charge in [-0.2, -0.15) is 0 Å². The molecule has 1 aromatic heterocycles. The molecule has 0 fully saturated rings. The molecule has 0 aliphatic heterocycles. The van der Waals surface area contributed by atoms with Crippen LogP contribution in [0.3, 0.4) is 0 Å². The summed E-state index contributed by atoms with van der Waals surface area (Å²) in [5.41, 5.74) is 1.78. The number of pyridine rings is 1. The molecule has 0 bridgehead atoms. The SMILES string of the molecule is COc1cccc(CC(C)NC(=O)Nc2cccnc2)c1. The average Bonchev–Trinajstić information content (AvgIpc) is 2.48. The summed E-state index contributed by atoms with van der Waals surface area (Å²) in [6, 6.07) is 11.2. The maximum Gasteiger partial charge on any atom is 0.319 e. The molecule has 1 heterocycles. The Morgan fingerprint density at radius 1 is 1.33 bits per heavy atom. The predicted molar refractivity (Wildman–Crippen MR) is 82.6 cm³/mol. The van der Waals surface area contributed by atoms with Gasteiger partial charge in [-0.15, -0.1) is 0 Å². The topological polar surface area (TPSA) is 63.2 Å². The summed E-state index contributed by atoms with van der Waals surface area (Å²) in [6.07, 6.45) is 4.00. The highest BCUT2D eigenvalue weighted by molar-refractivity contribution is 5.89. The van der Waals surface area contributed by atoms with Gasteiger partial charge in [-0.1, -0.05) is 12.1 Å². The van der Waals surface area contributed by atoms with Gasteiger partial charge in [-0.3, -0.25) is 4.98 Å². The van der Waals surface area contributed by atoms with Crippen LogP contribution in [0.2, 0.25) is 0 Å². The van der Waals surface area contributed by atoms with Crippen molar-refractivity contribution in [2.45, 2.75) is 19.4 Å². The van der Waals surface area contributed by atoms with Crippen LogP contribution in [0.5, 0.6) is 5.75 Å². The molecule has 0 spiro atoms. The lowest BCUT2D eigenvalue weighted by atomic mass is 10.1. The molecule has 110 valence electrons. The molecular formula is C16H19N3O2. The number of carbonyl (C=O) groups excluding carboxylic acids is 1. The van der Waals surface area contributed by atoms with Crippen LogP contribution in [0, 0.1) is 0 Å². The van der Waals surface area contributed by atoms with Crippen LogP contribution in [0.1, 0.15) is 12.5 Å². The lowest BCUT2D eigenvalue weighted by Gasteiger charge is -2.15. The van der Waals surface area contributed by atoms with Crippen molar-refractivity contribution in [1.82, 2.24) is 10.3 Å². The van der Waals surface area contributed by atoms with Crippen molar-refractivity contribution >= 4 is 11.7 Å². The largest absolute Gasteiger partial charge is 0.497 e. The third-order valence-corrected chi connectivity index (χ3v) is 2.97. The van der Waals surface area contributed by atoms with E-state index in [2.05, 4.69) is 15.6 Å². The van der Waals surface area contributed by atoms with Gasteiger partial charge in [0.15, 0.2) is 0 Å². The molecule has 0 saturated heterocycles. The van der Waals surface area contributed by atoms with Crippen LogP contribution in [0.25, 0.3) is 0 Å². The smallest absolute Gasteiger partial charge is 0.319 e. The first-order valence-electron chi connectivity index (χ1n) is 6.78. The molecule has 1 aromatic carbocycles. The Morgan fingerprint density at radius 3 is 2.90 bits per heavy atom. The zero-order chi connectivity index (χ0) is 15.1. The minimum Gasteiger partial charge on any atom is -0.497 e. The van der Waals surface area contributed by atoms with Gasteiger partial charge in [0.05, 0.1) is 19.0 Å². The highest BCUT2D eigenvalue weighted by atomic mass is 16.5. The molecule has 2 amide bonds. The van der Waals surface area contributed by atoms with Crippen LogP contribution in [-0.2, 0) is 6.42 Å². The van der Waals surface area contributed by atoms with E-state index in [1.54, 1.807) is 31.6 Å². The molecule has 1 unspecified atom stereocenters. The quantitative estimate of drug-likeness (QED) is 0.888. The van der Waals surface area contributed by atoms with E-state index in [9.17, 15) is 4.79 Å². The lowest BCUT2D eigenvalue weighted by molar-refractivity contribution is 0.249. The lowest BCUT2D eigenvalue weighted by Crippen LogP contribution is -2.37. The van der Waals surface area contributed by atoms with Crippen LogP contribution >= 0.6 is 0 Å². The Hall–Kier alpha value is -2.56. The van der Waals surface area contributed by atoms with E-state index in [0.717, 1.165) is 17.7 Å². The second kappa shape index (κ2) is 7.28. The summed E-state index contributed by atoms with van der Waals surface area (Å²) in [6.45, 7) is 1.96. The third kappa shape index (κ3) is 4.80. The number of hydrogen-bond donors (Lipinski definition) is 2. The maximum atomic E-state index is 11.9. The number of nitrogens with one attached hydrogen (secondary N) is 2. The van der Waals surface area contributed by atoms with E-state index < -0.39 is 0 Å². The van der Waals surface area contributed by atoms with Crippen molar-refractivity contribution in [2.24, 2.45) is 0 Å². The van der Waals surface area contributed by atoms with Gasteiger partial charge in [0.25, 0.3) is 0 Å². The fourth-order valence-electron chi connectivity index (χ4n) is 2.03. The van der Waals surface area contributed by atoms with Gasteiger partial charge in [-0.05, 0) is 43.2 Å². The van der Waals surface area contributed by atoms with Crippen LogP contribution in [0.4, 0.5) is 10.5 Å². The number of nitrogens with zero attached hydrogens (tertiary/aromatic N) is 1. The van der Waals surface area contributed by atoms with Gasteiger partial charge < -0.3 is 15.4 Å². The van der Waals surface area contributed by atoms with Crippen molar-refractivity contribution in [2.75, 3.05) is 12.4 Å². The molecule has 0 aliphatic rings. The Balaban J connectivity index is 1.86. The Morgan fingerprint density at radius 2 is 2.19 bits per heavy atom. The second-order valence-corrected chi connectivity index (χ2v) is 4.80. The van der Waals surface area contributed by atoms with E-state index in [4.69, 9.17) is 4.74 Å². The minimum atomic E-state index is -0.238. The van der Waals surface area contributed by atoms with Crippen LogP contribution < -0.4 is 15.4 Å². The van der Waals surface area contributed by atoms with Crippen molar-refractivity contribution < 1.29 is 9.53 Å². The number of urea groups is 1. The minimum absolute atomic E-state index is 0.00813. The van der Waals surface area contributed by atoms with Crippen molar-refractivity contribution in [3.63, 3.8) is 0 Å². The predicted octanol–water partition coefficient (Wildman–Crippen LogP) is 2.84. The van der Waals surface area contributed by atoms with Crippen LogP contribution in [-0.4, -0.2) is 24.2 Å². The summed E-state index contributed by atoms with van der Waals surface area (Å²) in [7, 11) is 1.64. The van der Waals surface area contributed by atoms with Crippen molar-refractivity contribution in [1.29, 1.82) is 0 Å². The molecule has 2 aromatic rings. The van der Waals surface area contributed by atoms with Gasteiger partial charge in [0, 0.05) is 12.2 Å². The molecule has 5 heteroatoms. The first-order chi connectivity index (χ1) is 10.2. The number of ether oxygens (including phenoxy) is 1. The monoisotopic (exact) mass is 285 g/mol. The number of anilines is 1. The number of methoxy groups -OCH3 is 1. The molecular weight excluding hydrogens is 266 g/mol. The van der Waals surface area contributed by atoms with Crippen molar-refractivity contribution in [3.8, 4) is 5.75 Å². The fraction of sp³-hybridized carbons (Fsp3) is 0.250. The summed E-state index contributed by atoms with van der Waals surface area (Å²) in [5.74, 6) is 0.819. The Kier molecular flexibility index (Phi) is 5.15. The molecule has 5 nitrogen and oxygen atoms in total. The molecule has 2 N–H and O–H groups in total. The number of carbonyl (C=O) groups is 1. The number of benzene rings is 1. The first kappa shape index (κ1) is 14.8. The summed E-state index contributed by atoms with van der Waals surface area (Å²) < 4.78 is 5.19. The average molecular weight is 285 g/mol. The molecule has 0 radical (unpaired) electrons. The van der Waals surface area contributed by atoms with Crippen molar-refractivity contribution in [3.05, 3.63) is 54.4 Å². The molecule has 0 aliphatic carbocycles. The Labute approximate surface area is 124 Å². The Bertz CT molecular complexity index is 587. The van der Waals surface area contributed by atoms with Gasteiger partial charge in [-0.25, -0.2) is 4.79 Å². The highest BCUT2D eigenvalue weighted by Gasteiger charge is 2.08. The first-order valence-corrected chi connectivity index (χ1v) is 6.78. The number of hydrogen-bond acceptors (Lipinski definition) is 3. The summed E-state index contributed by atoms with van der Waals surface area (Å²) in [4.78, 5) is 15.8. The second-order valence-electron chi connectivity index (χ2n) is 4.80. The van der Waals surface area contributed by atoms with E-state index in [1.165, 1.54) is 0 Å². The molecule has 0 saturated carbocycles. The number of rotatable bonds is 5. The van der Waals surface area contributed by atoms with Gasteiger partial charge >= 0.3 is 6.03 Å². The maximum absolute atomic E-state index is 11.9. The van der Waals surface area contributed by atoms with E-state index in [0.29, 0.717) is 5.69 Å². The molecule has 2 rings (SSSR count). The van der Waals surface area contributed by atoms with E-state index in [1.807, 2.05) is 31.2 Å².